The molecule has 0 aromatic carbocycles. The minimum absolute atomic E-state index is 0.697. The summed E-state index contributed by atoms with van der Waals surface area (Å²) in [6, 6.07) is 1.41. The number of likely N-dealkylation sites (N-methyl/N-ethyl adjacent to an activating group) is 1. The van der Waals surface area contributed by atoms with Crippen LogP contribution in [0.2, 0.25) is 0 Å². The van der Waals surface area contributed by atoms with E-state index in [-0.39, 0.29) is 0 Å². The zero-order valence-corrected chi connectivity index (χ0v) is 10.4. The molecule has 1 saturated heterocycles. The highest BCUT2D eigenvalue weighted by atomic mass is 15.2. The Hall–Kier alpha value is -0.0800. The van der Waals surface area contributed by atoms with Gasteiger partial charge in [-0.25, -0.2) is 0 Å². The second-order valence-corrected chi connectivity index (χ2v) is 5.33. The van der Waals surface area contributed by atoms with Gasteiger partial charge in [-0.3, -0.25) is 4.90 Å². The molecule has 0 saturated carbocycles. The third kappa shape index (κ3) is 2.96. The summed E-state index contributed by atoms with van der Waals surface area (Å²) in [7, 11) is 2.10. The van der Waals surface area contributed by atoms with Crippen LogP contribution in [-0.4, -0.2) is 37.1 Å². The van der Waals surface area contributed by atoms with Crippen molar-refractivity contribution >= 4 is 0 Å². The van der Waals surface area contributed by atoms with Gasteiger partial charge in [-0.05, 0) is 39.2 Å². The van der Waals surface area contributed by atoms with E-state index in [0.717, 1.165) is 11.8 Å². The molecular weight excluding hydrogens is 172 g/mol. The lowest BCUT2D eigenvalue weighted by molar-refractivity contribution is 0.258. The van der Waals surface area contributed by atoms with Crippen LogP contribution in [0.25, 0.3) is 0 Å². The molecule has 1 heterocycles. The molecule has 1 rings (SSSR count). The van der Waals surface area contributed by atoms with Gasteiger partial charge >= 0.3 is 0 Å². The van der Waals surface area contributed by atoms with E-state index in [1.54, 1.807) is 0 Å². The number of hydrogen-bond donors (Lipinski definition) is 1. The van der Waals surface area contributed by atoms with Gasteiger partial charge in [-0.15, -0.1) is 0 Å². The predicted molar refractivity (Wildman–Crippen MR) is 62.5 cm³/mol. The summed E-state index contributed by atoms with van der Waals surface area (Å²) in [5, 5.41) is 3.46. The maximum absolute atomic E-state index is 3.46. The maximum Gasteiger partial charge on any atom is 0.0232 e. The van der Waals surface area contributed by atoms with Crippen molar-refractivity contribution in [3.63, 3.8) is 0 Å². The van der Waals surface area contributed by atoms with Crippen LogP contribution in [0.3, 0.4) is 0 Å². The van der Waals surface area contributed by atoms with E-state index in [0.29, 0.717) is 12.1 Å². The molecule has 0 spiro atoms. The lowest BCUT2D eigenvalue weighted by Crippen LogP contribution is -2.35. The van der Waals surface area contributed by atoms with Crippen molar-refractivity contribution in [1.29, 1.82) is 0 Å². The fourth-order valence-corrected chi connectivity index (χ4v) is 2.50. The summed E-state index contributed by atoms with van der Waals surface area (Å²) in [5.74, 6) is 1.67. The van der Waals surface area contributed by atoms with E-state index in [1.165, 1.54) is 19.5 Å². The zero-order valence-electron chi connectivity index (χ0n) is 10.4. The Morgan fingerprint density at radius 2 is 1.86 bits per heavy atom. The van der Waals surface area contributed by atoms with Gasteiger partial charge in [0.15, 0.2) is 0 Å². The molecule has 0 bridgehead atoms. The van der Waals surface area contributed by atoms with Crippen molar-refractivity contribution in [2.45, 2.75) is 46.2 Å². The first-order valence-electron chi connectivity index (χ1n) is 5.96. The van der Waals surface area contributed by atoms with E-state index in [4.69, 9.17) is 0 Å². The number of likely N-dealkylation sites (tertiary alicyclic amines) is 1. The fraction of sp³-hybridized carbons (Fsp3) is 1.00. The Morgan fingerprint density at radius 3 is 2.29 bits per heavy atom. The predicted octanol–water partition coefficient (Wildman–Crippen LogP) is 1.96. The van der Waals surface area contributed by atoms with Crippen molar-refractivity contribution in [2.24, 2.45) is 11.8 Å². The first-order chi connectivity index (χ1) is 6.54. The van der Waals surface area contributed by atoms with Gasteiger partial charge in [-0.1, -0.05) is 13.8 Å². The van der Waals surface area contributed by atoms with E-state index in [9.17, 15) is 0 Å². The lowest BCUT2D eigenvalue weighted by Gasteiger charge is -2.20. The molecule has 0 aliphatic carbocycles. The van der Waals surface area contributed by atoms with Crippen LogP contribution in [0.1, 0.15) is 34.1 Å². The average molecular weight is 198 g/mol. The van der Waals surface area contributed by atoms with Gasteiger partial charge in [0.05, 0.1) is 0 Å². The molecular formula is C12H26N2. The SMILES string of the molecule is CNC1CN(C(C)C)CC1CC(C)C. The summed E-state index contributed by atoms with van der Waals surface area (Å²) in [5.41, 5.74) is 0. The molecule has 2 nitrogen and oxygen atoms in total. The van der Waals surface area contributed by atoms with Crippen LogP contribution < -0.4 is 5.32 Å². The highest BCUT2D eigenvalue weighted by Crippen LogP contribution is 2.24. The minimum atomic E-state index is 0.697. The van der Waals surface area contributed by atoms with Gasteiger partial charge in [0.1, 0.15) is 0 Å². The fourth-order valence-electron chi connectivity index (χ4n) is 2.50. The second-order valence-electron chi connectivity index (χ2n) is 5.33. The van der Waals surface area contributed by atoms with Gasteiger partial charge in [0, 0.05) is 25.2 Å². The zero-order chi connectivity index (χ0) is 10.7. The summed E-state index contributed by atoms with van der Waals surface area (Å²) in [6.45, 7) is 11.7. The van der Waals surface area contributed by atoms with Crippen molar-refractivity contribution in [2.75, 3.05) is 20.1 Å². The molecule has 14 heavy (non-hydrogen) atoms. The van der Waals surface area contributed by atoms with E-state index in [2.05, 4.69) is 45.0 Å². The van der Waals surface area contributed by atoms with Crippen LogP contribution in [0, 0.1) is 11.8 Å². The van der Waals surface area contributed by atoms with Gasteiger partial charge in [-0.2, -0.15) is 0 Å². The molecule has 1 fully saturated rings. The average Bonchev–Trinajstić information content (AvgIpc) is 2.46. The minimum Gasteiger partial charge on any atom is -0.315 e. The summed E-state index contributed by atoms with van der Waals surface area (Å²) in [4.78, 5) is 2.59. The largest absolute Gasteiger partial charge is 0.315 e. The summed E-state index contributed by atoms with van der Waals surface area (Å²) < 4.78 is 0. The Bertz CT molecular complexity index is 166. The number of hydrogen-bond acceptors (Lipinski definition) is 2. The number of nitrogens with one attached hydrogen (secondary N) is 1. The molecule has 2 unspecified atom stereocenters. The molecule has 0 radical (unpaired) electrons. The Labute approximate surface area is 89.1 Å². The van der Waals surface area contributed by atoms with Crippen molar-refractivity contribution in [3.8, 4) is 0 Å². The normalized spacial score (nSPS) is 29.4. The van der Waals surface area contributed by atoms with E-state index in [1.807, 2.05) is 0 Å². The topological polar surface area (TPSA) is 15.3 Å². The van der Waals surface area contributed by atoms with Gasteiger partial charge in [0.25, 0.3) is 0 Å². The van der Waals surface area contributed by atoms with Crippen LogP contribution in [0.5, 0.6) is 0 Å². The Morgan fingerprint density at radius 1 is 1.21 bits per heavy atom. The van der Waals surface area contributed by atoms with E-state index < -0.39 is 0 Å². The van der Waals surface area contributed by atoms with Crippen LogP contribution in [-0.2, 0) is 0 Å². The highest BCUT2D eigenvalue weighted by Gasteiger charge is 2.32. The molecule has 1 N–H and O–H groups in total. The Kier molecular flexibility index (Phi) is 4.39. The molecule has 0 aromatic rings. The highest BCUT2D eigenvalue weighted by molar-refractivity contribution is 4.89. The maximum atomic E-state index is 3.46. The first kappa shape index (κ1) is 12.0. The van der Waals surface area contributed by atoms with Crippen molar-refractivity contribution in [3.05, 3.63) is 0 Å². The molecule has 2 heteroatoms. The summed E-state index contributed by atoms with van der Waals surface area (Å²) >= 11 is 0. The molecule has 1 aliphatic heterocycles. The Balaban J connectivity index is 2.49. The second kappa shape index (κ2) is 5.13. The summed E-state index contributed by atoms with van der Waals surface area (Å²) in [6.07, 6.45) is 1.36. The molecule has 0 amide bonds. The molecule has 2 atom stereocenters. The van der Waals surface area contributed by atoms with Gasteiger partial charge < -0.3 is 5.32 Å². The first-order valence-corrected chi connectivity index (χ1v) is 5.96. The van der Waals surface area contributed by atoms with Crippen LogP contribution >= 0.6 is 0 Å². The van der Waals surface area contributed by atoms with E-state index >= 15 is 0 Å². The van der Waals surface area contributed by atoms with Crippen molar-refractivity contribution < 1.29 is 0 Å². The number of nitrogens with zero attached hydrogens (tertiary/aromatic N) is 1. The third-order valence-electron chi connectivity index (χ3n) is 3.34. The lowest BCUT2D eigenvalue weighted by atomic mass is 9.93. The quantitative estimate of drug-likeness (QED) is 0.743. The third-order valence-corrected chi connectivity index (χ3v) is 3.34. The van der Waals surface area contributed by atoms with Gasteiger partial charge in [0.2, 0.25) is 0 Å². The monoisotopic (exact) mass is 198 g/mol. The van der Waals surface area contributed by atoms with Crippen LogP contribution in [0.4, 0.5) is 0 Å². The molecule has 0 aromatic heterocycles. The number of rotatable bonds is 4. The molecule has 84 valence electrons. The smallest absolute Gasteiger partial charge is 0.0232 e. The molecule has 1 aliphatic rings. The van der Waals surface area contributed by atoms with Crippen LogP contribution in [0.15, 0.2) is 0 Å². The van der Waals surface area contributed by atoms with Crippen molar-refractivity contribution in [1.82, 2.24) is 10.2 Å². The standard InChI is InChI=1S/C12H26N2/c1-9(2)6-11-7-14(10(3)4)8-12(11)13-5/h9-13H,6-8H2,1-5H3.